The summed E-state index contributed by atoms with van der Waals surface area (Å²) < 4.78 is 0. The van der Waals surface area contributed by atoms with E-state index in [9.17, 15) is 5.11 Å². The average molecular weight is 242 g/mol. The Morgan fingerprint density at radius 3 is 2.56 bits per heavy atom. The number of aliphatic hydroxyl groups is 1. The van der Waals surface area contributed by atoms with Gasteiger partial charge in [0.1, 0.15) is 0 Å². The molecule has 0 amide bonds. The fourth-order valence-corrected chi connectivity index (χ4v) is 1.90. The molecular formula is C15H18N2O. The zero-order valence-corrected chi connectivity index (χ0v) is 10.5. The molecule has 0 saturated carbocycles. The van der Waals surface area contributed by atoms with Crippen LogP contribution in [0, 0.1) is 6.92 Å². The molecule has 1 heterocycles. The third-order valence-corrected chi connectivity index (χ3v) is 2.86. The van der Waals surface area contributed by atoms with Gasteiger partial charge < -0.3 is 10.4 Å². The van der Waals surface area contributed by atoms with Crippen LogP contribution in [-0.4, -0.2) is 16.7 Å². The lowest BCUT2D eigenvalue weighted by molar-refractivity contribution is 0.243. The van der Waals surface area contributed by atoms with Crippen LogP contribution in [0.5, 0.6) is 0 Å². The van der Waals surface area contributed by atoms with Crippen LogP contribution in [0.1, 0.15) is 23.0 Å². The highest BCUT2D eigenvalue weighted by Crippen LogP contribution is 2.12. The molecule has 3 nitrogen and oxygen atoms in total. The predicted octanol–water partition coefficient (Wildman–Crippen LogP) is 2.21. The molecule has 2 N–H and O–H groups in total. The first-order valence-corrected chi connectivity index (χ1v) is 6.11. The molecule has 0 aliphatic rings. The molecule has 18 heavy (non-hydrogen) atoms. The number of benzene rings is 1. The van der Waals surface area contributed by atoms with Gasteiger partial charge in [0.05, 0.1) is 18.3 Å². The molecule has 0 aliphatic heterocycles. The predicted molar refractivity (Wildman–Crippen MR) is 72.1 cm³/mol. The lowest BCUT2D eigenvalue weighted by Crippen LogP contribution is -2.24. The highest BCUT2D eigenvalue weighted by atomic mass is 16.3. The molecule has 1 aromatic heterocycles. The van der Waals surface area contributed by atoms with E-state index in [0.29, 0.717) is 6.54 Å². The Kier molecular flexibility index (Phi) is 4.45. The standard InChI is InChI=1S/C15H18N2O/c1-12-6-5-9-14(17-12)10-16-15(11-18)13-7-3-2-4-8-13/h2-9,15-16,18H,10-11H2,1H3. The minimum Gasteiger partial charge on any atom is -0.394 e. The molecule has 1 unspecified atom stereocenters. The van der Waals surface area contributed by atoms with Gasteiger partial charge >= 0.3 is 0 Å². The van der Waals surface area contributed by atoms with Gasteiger partial charge in [-0.05, 0) is 24.6 Å². The number of rotatable bonds is 5. The van der Waals surface area contributed by atoms with Gasteiger partial charge in [-0.3, -0.25) is 4.98 Å². The summed E-state index contributed by atoms with van der Waals surface area (Å²) in [5, 5.41) is 12.7. The smallest absolute Gasteiger partial charge is 0.0626 e. The maximum atomic E-state index is 9.43. The molecule has 2 rings (SSSR count). The number of aliphatic hydroxyl groups excluding tert-OH is 1. The topological polar surface area (TPSA) is 45.1 Å². The minimum atomic E-state index is -0.0477. The number of nitrogens with one attached hydrogen (secondary N) is 1. The van der Waals surface area contributed by atoms with E-state index in [4.69, 9.17) is 0 Å². The Bertz CT molecular complexity index is 485. The molecule has 0 bridgehead atoms. The van der Waals surface area contributed by atoms with Crippen LogP contribution in [0.25, 0.3) is 0 Å². The lowest BCUT2D eigenvalue weighted by atomic mass is 10.1. The molecule has 1 aromatic carbocycles. The fourth-order valence-electron chi connectivity index (χ4n) is 1.90. The van der Waals surface area contributed by atoms with Gasteiger partial charge in [0.25, 0.3) is 0 Å². The second kappa shape index (κ2) is 6.28. The molecule has 2 aromatic rings. The summed E-state index contributed by atoms with van der Waals surface area (Å²) in [7, 11) is 0. The largest absolute Gasteiger partial charge is 0.394 e. The molecule has 3 heteroatoms. The molecule has 0 radical (unpaired) electrons. The van der Waals surface area contributed by atoms with Gasteiger partial charge in [0.15, 0.2) is 0 Å². The van der Waals surface area contributed by atoms with E-state index in [1.54, 1.807) is 0 Å². The third-order valence-electron chi connectivity index (χ3n) is 2.86. The van der Waals surface area contributed by atoms with E-state index in [2.05, 4.69) is 10.3 Å². The summed E-state index contributed by atoms with van der Waals surface area (Å²) in [6.45, 7) is 2.71. The first kappa shape index (κ1) is 12.7. The highest BCUT2D eigenvalue weighted by Gasteiger charge is 2.09. The summed E-state index contributed by atoms with van der Waals surface area (Å²) >= 11 is 0. The van der Waals surface area contributed by atoms with Crippen molar-refractivity contribution in [2.24, 2.45) is 0 Å². The maximum absolute atomic E-state index is 9.43. The van der Waals surface area contributed by atoms with Crippen molar-refractivity contribution in [1.82, 2.24) is 10.3 Å². The van der Waals surface area contributed by atoms with E-state index in [-0.39, 0.29) is 12.6 Å². The van der Waals surface area contributed by atoms with Crippen molar-refractivity contribution in [3.8, 4) is 0 Å². The monoisotopic (exact) mass is 242 g/mol. The van der Waals surface area contributed by atoms with Crippen molar-refractivity contribution in [2.45, 2.75) is 19.5 Å². The van der Waals surface area contributed by atoms with E-state index < -0.39 is 0 Å². The number of aromatic nitrogens is 1. The summed E-state index contributed by atoms with van der Waals surface area (Å²) in [6, 6.07) is 15.9. The first-order chi connectivity index (χ1) is 8.79. The van der Waals surface area contributed by atoms with Crippen LogP contribution in [-0.2, 0) is 6.54 Å². The van der Waals surface area contributed by atoms with Gasteiger partial charge in [-0.15, -0.1) is 0 Å². The van der Waals surface area contributed by atoms with Crippen molar-refractivity contribution in [1.29, 1.82) is 0 Å². The maximum Gasteiger partial charge on any atom is 0.0626 e. The third kappa shape index (κ3) is 3.39. The second-order valence-electron chi connectivity index (χ2n) is 4.30. The van der Waals surface area contributed by atoms with E-state index in [1.165, 1.54) is 0 Å². The van der Waals surface area contributed by atoms with Crippen molar-refractivity contribution in [2.75, 3.05) is 6.61 Å². The van der Waals surface area contributed by atoms with Crippen LogP contribution in [0.3, 0.4) is 0 Å². The summed E-state index contributed by atoms with van der Waals surface area (Å²) in [4.78, 5) is 4.43. The first-order valence-electron chi connectivity index (χ1n) is 6.11. The molecule has 0 spiro atoms. The molecule has 0 saturated heterocycles. The van der Waals surface area contributed by atoms with Crippen molar-refractivity contribution in [3.05, 3.63) is 65.5 Å². The fraction of sp³-hybridized carbons (Fsp3) is 0.267. The number of hydrogen-bond acceptors (Lipinski definition) is 3. The summed E-state index contributed by atoms with van der Waals surface area (Å²) in [5.74, 6) is 0. The Morgan fingerprint density at radius 1 is 1.11 bits per heavy atom. The van der Waals surface area contributed by atoms with Crippen molar-refractivity contribution < 1.29 is 5.11 Å². The minimum absolute atomic E-state index is 0.0477. The van der Waals surface area contributed by atoms with Gasteiger partial charge in [-0.1, -0.05) is 36.4 Å². The molecule has 94 valence electrons. The lowest BCUT2D eigenvalue weighted by Gasteiger charge is -2.16. The molecule has 0 aliphatic carbocycles. The Labute approximate surface area is 108 Å². The van der Waals surface area contributed by atoms with Crippen LogP contribution in [0.4, 0.5) is 0 Å². The average Bonchev–Trinajstić information content (AvgIpc) is 2.41. The van der Waals surface area contributed by atoms with Crippen LogP contribution < -0.4 is 5.32 Å². The highest BCUT2D eigenvalue weighted by molar-refractivity contribution is 5.19. The quantitative estimate of drug-likeness (QED) is 0.845. The van der Waals surface area contributed by atoms with Gasteiger partial charge in [-0.25, -0.2) is 0 Å². The van der Waals surface area contributed by atoms with Gasteiger partial charge in [-0.2, -0.15) is 0 Å². The number of nitrogens with zero attached hydrogens (tertiary/aromatic N) is 1. The Hall–Kier alpha value is -1.71. The zero-order valence-electron chi connectivity index (χ0n) is 10.5. The number of hydrogen-bond donors (Lipinski definition) is 2. The Morgan fingerprint density at radius 2 is 1.89 bits per heavy atom. The van der Waals surface area contributed by atoms with Crippen LogP contribution >= 0.6 is 0 Å². The van der Waals surface area contributed by atoms with E-state index >= 15 is 0 Å². The van der Waals surface area contributed by atoms with Crippen molar-refractivity contribution >= 4 is 0 Å². The normalized spacial score (nSPS) is 12.3. The SMILES string of the molecule is Cc1cccc(CNC(CO)c2ccccc2)n1. The molecule has 1 atom stereocenters. The summed E-state index contributed by atoms with van der Waals surface area (Å²) in [5.41, 5.74) is 3.09. The van der Waals surface area contributed by atoms with Crippen LogP contribution in [0.2, 0.25) is 0 Å². The zero-order chi connectivity index (χ0) is 12.8. The van der Waals surface area contributed by atoms with E-state index in [1.807, 2.05) is 55.5 Å². The Balaban J connectivity index is 2.00. The van der Waals surface area contributed by atoms with Crippen molar-refractivity contribution in [3.63, 3.8) is 0 Å². The molecule has 0 fully saturated rings. The summed E-state index contributed by atoms with van der Waals surface area (Å²) in [6.07, 6.45) is 0. The van der Waals surface area contributed by atoms with E-state index in [0.717, 1.165) is 17.0 Å². The number of aryl methyl sites for hydroxylation is 1. The van der Waals surface area contributed by atoms with Gasteiger partial charge in [0, 0.05) is 12.2 Å². The molecular weight excluding hydrogens is 224 g/mol. The number of pyridine rings is 1. The second-order valence-corrected chi connectivity index (χ2v) is 4.30. The van der Waals surface area contributed by atoms with Crippen LogP contribution in [0.15, 0.2) is 48.5 Å². The van der Waals surface area contributed by atoms with Gasteiger partial charge in [0.2, 0.25) is 0 Å².